The van der Waals surface area contributed by atoms with Gasteiger partial charge < -0.3 is 4.74 Å². The van der Waals surface area contributed by atoms with E-state index in [0.717, 1.165) is 65.4 Å². The van der Waals surface area contributed by atoms with Gasteiger partial charge in [-0.05, 0) is 141 Å². The summed E-state index contributed by atoms with van der Waals surface area (Å²) in [6.07, 6.45) is 18.5. The molecule has 2 unspecified atom stereocenters. The van der Waals surface area contributed by atoms with Crippen LogP contribution in [0.1, 0.15) is 132 Å². The zero-order valence-electron chi connectivity index (χ0n) is 27.4. The molecule has 0 N–H and O–H groups in total. The van der Waals surface area contributed by atoms with E-state index in [-0.39, 0.29) is 5.97 Å². The van der Waals surface area contributed by atoms with Gasteiger partial charge in [0.25, 0.3) is 0 Å². The minimum atomic E-state index is -0.260. The lowest BCUT2D eigenvalue weighted by molar-refractivity contribution is -0.140. The summed E-state index contributed by atoms with van der Waals surface area (Å²) in [4.78, 5) is 11.8. The molecule has 0 aromatic rings. The molecule has 2 nitrogen and oxygen atoms in total. The van der Waals surface area contributed by atoms with Crippen molar-refractivity contribution in [2.45, 2.75) is 132 Å². The number of rotatable bonds is 12. The first kappa shape index (κ1) is 32.5. The topological polar surface area (TPSA) is 26.3 Å². The Balaban J connectivity index is 1.32. The van der Waals surface area contributed by atoms with Crippen LogP contribution in [0.4, 0.5) is 0 Å². The average molecular weight is 573 g/mol. The highest BCUT2D eigenvalue weighted by atomic mass is 32.1. The summed E-state index contributed by atoms with van der Waals surface area (Å²) in [5, 5.41) is 0. The van der Waals surface area contributed by atoms with Gasteiger partial charge in [0, 0.05) is 11.5 Å². The maximum atomic E-state index is 11.8. The molecule has 11 atom stereocenters. The first-order valence-electron chi connectivity index (χ1n) is 17.3. The van der Waals surface area contributed by atoms with Crippen LogP contribution in [0.5, 0.6) is 0 Å². The predicted octanol–water partition coefficient (Wildman–Crippen LogP) is 10.4. The summed E-state index contributed by atoms with van der Waals surface area (Å²) in [5.41, 5.74) is 1.65. The van der Waals surface area contributed by atoms with Crippen molar-refractivity contribution in [1.29, 1.82) is 0 Å². The quantitative estimate of drug-likeness (QED) is 0.143. The largest absolute Gasteiger partial charge is 0.462 e. The van der Waals surface area contributed by atoms with E-state index in [1.807, 2.05) is 0 Å². The van der Waals surface area contributed by atoms with Crippen molar-refractivity contribution in [3.63, 3.8) is 0 Å². The summed E-state index contributed by atoms with van der Waals surface area (Å²) >= 11 is 4.58. The molecule has 3 heteroatoms. The van der Waals surface area contributed by atoms with Crippen molar-refractivity contribution in [3.05, 3.63) is 12.2 Å². The fraction of sp³-hybridized carbons (Fsp3) is 0.919. The zero-order valence-corrected chi connectivity index (χ0v) is 28.2. The number of fused-ring (bicyclic) bond motifs is 5. The molecule has 40 heavy (non-hydrogen) atoms. The van der Waals surface area contributed by atoms with Crippen LogP contribution in [-0.4, -0.2) is 18.3 Å². The second-order valence-electron chi connectivity index (χ2n) is 16.3. The van der Waals surface area contributed by atoms with Gasteiger partial charge in [-0.2, -0.15) is 12.6 Å². The third-order valence-corrected chi connectivity index (χ3v) is 14.3. The summed E-state index contributed by atoms with van der Waals surface area (Å²) < 4.78 is 5.47. The smallest absolute Gasteiger partial charge is 0.333 e. The Morgan fingerprint density at radius 1 is 0.925 bits per heavy atom. The number of carbonyl (C=O) groups is 1. The number of thiol groups is 1. The first-order valence-corrected chi connectivity index (χ1v) is 18.0. The molecular formula is C37H64O2S. The minimum absolute atomic E-state index is 0.260. The zero-order chi connectivity index (χ0) is 29.2. The fourth-order valence-corrected chi connectivity index (χ4v) is 10.9. The standard InChI is InChI=1S/C37H64O2S/c1-24(2)26(5)9-10-27(6)32-15-16-33-31-14-13-30-21-28(11-12-29(23-40)22-39-35(38)25(3)4)17-19-36(30,7)34(31)18-20-37(32,33)8/h24,26-34,40H,3,9-23H2,1-2,4-8H3/t26-,27-,28+,29?,30+,31+,32?,33+,34+,36+,37-/m1/s1. The Morgan fingerprint density at radius 3 is 2.30 bits per heavy atom. The van der Waals surface area contributed by atoms with Gasteiger partial charge in [0.15, 0.2) is 0 Å². The lowest BCUT2D eigenvalue weighted by atomic mass is 9.44. The van der Waals surface area contributed by atoms with Gasteiger partial charge in [-0.1, -0.05) is 67.4 Å². The van der Waals surface area contributed by atoms with Gasteiger partial charge in [0.05, 0.1) is 6.61 Å². The molecule has 0 saturated heterocycles. The molecule has 0 heterocycles. The molecular weight excluding hydrogens is 508 g/mol. The molecule has 0 radical (unpaired) electrons. The van der Waals surface area contributed by atoms with Gasteiger partial charge >= 0.3 is 5.97 Å². The summed E-state index contributed by atoms with van der Waals surface area (Å²) in [5.74, 6) is 9.09. The van der Waals surface area contributed by atoms with E-state index in [0.29, 0.717) is 28.9 Å². The van der Waals surface area contributed by atoms with Crippen molar-refractivity contribution in [2.75, 3.05) is 12.4 Å². The van der Waals surface area contributed by atoms with E-state index >= 15 is 0 Å². The SMILES string of the molecule is C=C(C)C(=O)OCC(CS)CC[C@H]1CC[C@@]2(C)[C@@H](CC[C@@H]3[C@@H]2CC[C@]2(C)C([C@H](C)CC[C@@H](C)C(C)C)CC[C@@H]32)C1. The van der Waals surface area contributed by atoms with Crippen molar-refractivity contribution < 1.29 is 9.53 Å². The molecule has 4 saturated carbocycles. The monoisotopic (exact) mass is 572 g/mol. The van der Waals surface area contributed by atoms with Gasteiger partial charge in [-0.15, -0.1) is 0 Å². The maximum Gasteiger partial charge on any atom is 0.333 e. The van der Waals surface area contributed by atoms with Crippen LogP contribution in [0.25, 0.3) is 0 Å². The maximum absolute atomic E-state index is 11.8. The van der Waals surface area contributed by atoms with E-state index in [2.05, 4.69) is 60.8 Å². The number of ether oxygens (including phenoxy) is 1. The molecule has 0 amide bonds. The average Bonchev–Trinajstić information content (AvgIpc) is 3.28. The van der Waals surface area contributed by atoms with E-state index in [1.165, 1.54) is 77.0 Å². The third kappa shape index (κ3) is 6.70. The highest BCUT2D eigenvalue weighted by Gasteiger charge is 2.60. The Kier molecular flexibility index (Phi) is 10.9. The summed E-state index contributed by atoms with van der Waals surface area (Å²) in [6.45, 7) is 21.3. The highest BCUT2D eigenvalue weighted by Crippen LogP contribution is 2.68. The first-order chi connectivity index (χ1) is 18.9. The van der Waals surface area contributed by atoms with E-state index < -0.39 is 0 Å². The van der Waals surface area contributed by atoms with E-state index in [1.54, 1.807) is 6.92 Å². The number of esters is 1. The van der Waals surface area contributed by atoms with E-state index in [4.69, 9.17) is 4.74 Å². The van der Waals surface area contributed by atoms with Gasteiger partial charge in [0.1, 0.15) is 0 Å². The second kappa shape index (κ2) is 13.5. The van der Waals surface area contributed by atoms with Gasteiger partial charge in [-0.25, -0.2) is 4.79 Å². The molecule has 0 spiro atoms. The lowest BCUT2D eigenvalue weighted by Gasteiger charge is -2.61. The predicted molar refractivity (Wildman–Crippen MR) is 173 cm³/mol. The molecule has 0 bridgehead atoms. The minimum Gasteiger partial charge on any atom is -0.462 e. The van der Waals surface area contributed by atoms with Crippen LogP contribution in [0, 0.1) is 70.0 Å². The Morgan fingerprint density at radius 2 is 1.62 bits per heavy atom. The highest BCUT2D eigenvalue weighted by molar-refractivity contribution is 7.80. The van der Waals surface area contributed by atoms with E-state index in [9.17, 15) is 4.79 Å². The Bertz CT molecular complexity index is 866. The lowest BCUT2D eigenvalue weighted by Crippen LogP contribution is -2.53. The molecule has 230 valence electrons. The van der Waals surface area contributed by atoms with Crippen molar-refractivity contribution in [1.82, 2.24) is 0 Å². The third-order valence-electron chi connectivity index (χ3n) is 13.8. The molecule has 4 aliphatic carbocycles. The van der Waals surface area contributed by atoms with Crippen LogP contribution < -0.4 is 0 Å². The number of hydrogen-bond acceptors (Lipinski definition) is 3. The molecule has 4 rings (SSSR count). The van der Waals surface area contributed by atoms with Crippen molar-refractivity contribution in [3.8, 4) is 0 Å². The Labute approximate surface area is 254 Å². The second-order valence-corrected chi connectivity index (χ2v) is 16.7. The Hall–Kier alpha value is -0.440. The number of hydrogen-bond donors (Lipinski definition) is 1. The van der Waals surface area contributed by atoms with Crippen molar-refractivity contribution >= 4 is 18.6 Å². The van der Waals surface area contributed by atoms with Crippen LogP contribution in [0.3, 0.4) is 0 Å². The van der Waals surface area contributed by atoms with Crippen LogP contribution >= 0.6 is 12.6 Å². The molecule has 4 fully saturated rings. The molecule has 0 aromatic heterocycles. The molecule has 0 aliphatic heterocycles. The summed E-state index contributed by atoms with van der Waals surface area (Å²) in [6, 6.07) is 0. The molecule has 0 aromatic carbocycles. The van der Waals surface area contributed by atoms with Gasteiger partial charge in [0.2, 0.25) is 0 Å². The number of carbonyl (C=O) groups excluding carboxylic acids is 1. The fourth-order valence-electron chi connectivity index (χ4n) is 10.7. The van der Waals surface area contributed by atoms with Crippen LogP contribution in [0.15, 0.2) is 12.2 Å². The van der Waals surface area contributed by atoms with Crippen LogP contribution in [-0.2, 0) is 9.53 Å². The summed E-state index contributed by atoms with van der Waals surface area (Å²) in [7, 11) is 0. The van der Waals surface area contributed by atoms with Crippen molar-refractivity contribution in [2.24, 2.45) is 70.0 Å². The molecule has 4 aliphatic rings. The normalized spacial score (nSPS) is 39.5. The van der Waals surface area contributed by atoms with Crippen LogP contribution in [0.2, 0.25) is 0 Å². The van der Waals surface area contributed by atoms with Gasteiger partial charge in [-0.3, -0.25) is 0 Å².